The molecule has 1 aromatic heterocycles. The van der Waals surface area contributed by atoms with E-state index in [0.29, 0.717) is 11.7 Å². The zero-order chi connectivity index (χ0) is 10.2. The van der Waals surface area contributed by atoms with E-state index in [1.54, 1.807) is 6.33 Å². The quantitative estimate of drug-likeness (QED) is 0.771. The number of nitrogens with zero attached hydrogens (tertiary/aromatic N) is 3. The summed E-state index contributed by atoms with van der Waals surface area (Å²) >= 11 is 0. The zero-order valence-corrected chi connectivity index (χ0v) is 8.77. The van der Waals surface area contributed by atoms with Crippen LogP contribution in [0.2, 0.25) is 0 Å². The van der Waals surface area contributed by atoms with E-state index in [4.69, 9.17) is 0 Å². The summed E-state index contributed by atoms with van der Waals surface area (Å²) in [5.74, 6) is 1.35. The van der Waals surface area contributed by atoms with Crippen molar-refractivity contribution in [2.45, 2.75) is 38.2 Å². The maximum atomic E-state index is 10.4. The molecule has 14 heavy (non-hydrogen) atoms. The van der Waals surface area contributed by atoms with Crippen LogP contribution in [0.3, 0.4) is 0 Å². The fraction of sp³-hybridized carbons (Fsp3) is 0.800. The Morgan fingerprint density at radius 2 is 2.50 bits per heavy atom. The van der Waals surface area contributed by atoms with Crippen LogP contribution in [-0.2, 0) is 12.6 Å². The van der Waals surface area contributed by atoms with Crippen LogP contribution in [-0.4, -0.2) is 19.9 Å². The van der Waals surface area contributed by atoms with Crippen LogP contribution in [0.5, 0.6) is 0 Å². The highest BCUT2D eigenvalue weighted by molar-refractivity contribution is 5.05. The van der Waals surface area contributed by atoms with Gasteiger partial charge in [0.1, 0.15) is 11.9 Å². The molecule has 1 aliphatic rings. The highest BCUT2D eigenvalue weighted by Gasteiger charge is 2.41. The molecule has 4 nitrogen and oxygen atoms in total. The first-order chi connectivity index (χ1) is 6.65. The molecule has 0 aromatic carbocycles. The van der Waals surface area contributed by atoms with Gasteiger partial charge in [0.15, 0.2) is 5.82 Å². The minimum atomic E-state index is -0.730. The third-order valence-corrected chi connectivity index (χ3v) is 3.30. The Morgan fingerprint density at radius 1 is 1.71 bits per heavy atom. The van der Waals surface area contributed by atoms with Crippen molar-refractivity contribution < 1.29 is 5.11 Å². The van der Waals surface area contributed by atoms with Gasteiger partial charge in [-0.15, -0.1) is 10.2 Å². The summed E-state index contributed by atoms with van der Waals surface area (Å²) in [4.78, 5) is 0. The smallest absolute Gasteiger partial charge is 0.164 e. The minimum absolute atomic E-state index is 0.636. The van der Waals surface area contributed by atoms with Crippen LogP contribution in [0, 0.1) is 5.92 Å². The number of aryl methyl sites for hydroxylation is 1. The fourth-order valence-electron chi connectivity index (χ4n) is 2.38. The molecule has 0 bridgehead atoms. The highest BCUT2D eigenvalue weighted by atomic mass is 16.3. The maximum absolute atomic E-state index is 10.4. The molecule has 2 rings (SSSR count). The molecule has 4 heteroatoms. The van der Waals surface area contributed by atoms with E-state index in [1.807, 2.05) is 11.6 Å². The van der Waals surface area contributed by atoms with Crippen molar-refractivity contribution in [3.05, 3.63) is 12.2 Å². The largest absolute Gasteiger partial charge is 0.382 e. The first kappa shape index (κ1) is 9.65. The third-order valence-electron chi connectivity index (χ3n) is 3.30. The van der Waals surface area contributed by atoms with Crippen LogP contribution < -0.4 is 0 Å². The van der Waals surface area contributed by atoms with Gasteiger partial charge in [0.2, 0.25) is 0 Å². The van der Waals surface area contributed by atoms with Crippen molar-refractivity contribution in [1.82, 2.24) is 14.8 Å². The molecule has 1 saturated carbocycles. The van der Waals surface area contributed by atoms with E-state index in [9.17, 15) is 5.11 Å². The summed E-state index contributed by atoms with van der Waals surface area (Å²) < 4.78 is 1.82. The first-order valence-corrected chi connectivity index (χ1v) is 5.22. The lowest BCUT2D eigenvalue weighted by Gasteiger charge is -2.21. The summed E-state index contributed by atoms with van der Waals surface area (Å²) in [6, 6.07) is 0. The molecule has 1 aromatic rings. The average molecular weight is 195 g/mol. The molecule has 0 radical (unpaired) electrons. The Morgan fingerprint density at radius 3 is 3.00 bits per heavy atom. The normalized spacial score (nSPS) is 32.4. The molecule has 1 fully saturated rings. The van der Waals surface area contributed by atoms with Crippen molar-refractivity contribution in [2.24, 2.45) is 13.0 Å². The molecule has 0 amide bonds. The highest BCUT2D eigenvalue weighted by Crippen LogP contribution is 2.42. The van der Waals surface area contributed by atoms with Gasteiger partial charge in [0.25, 0.3) is 0 Å². The molecule has 1 N–H and O–H groups in total. The summed E-state index contributed by atoms with van der Waals surface area (Å²) in [6.45, 7) is 2.17. The lowest BCUT2D eigenvalue weighted by atomic mass is 9.98. The van der Waals surface area contributed by atoms with Gasteiger partial charge in [0.05, 0.1) is 0 Å². The average Bonchev–Trinajstić information content (AvgIpc) is 2.73. The van der Waals surface area contributed by atoms with E-state index >= 15 is 0 Å². The summed E-state index contributed by atoms with van der Waals surface area (Å²) in [5, 5.41) is 18.2. The number of rotatable bonds is 2. The van der Waals surface area contributed by atoms with Crippen LogP contribution in [0.15, 0.2) is 6.33 Å². The Bertz CT molecular complexity index is 323. The number of hydrogen-bond donors (Lipinski definition) is 1. The Labute approximate surface area is 84.0 Å². The van der Waals surface area contributed by atoms with Gasteiger partial charge < -0.3 is 9.67 Å². The molecule has 2 unspecified atom stereocenters. The Hall–Kier alpha value is -0.900. The van der Waals surface area contributed by atoms with Crippen LogP contribution in [0.25, 0.3) is 0 Å². The van der Waals surface area contributed by atoms with Gasteiger partial charge in [-0.1, -0.05) is 13.3 Å². The second-order valence-electron chi connectivity index (χ2n) is 4.31. The molecule has 0 aliphatic heterocycles. The number of hydrogen-bond acceptors (Lipinski definition) is 3. The molecule has 0 saturated heterocycles. The summed E-state index contributed by atoms with van der Waals surface area (Å²) in [5.41, 5.74) is -0.730. The van der Waals surface area contributed by atoms with Crippen molar-refractivity contribution in [2.75, 3.05) is 0 Å². The SMILES string of the molecule is CCC1CCC(O)(c2nncn2C)C1. The van der Waals surface area contributed by atoms with Crippen molar-refractivity contribution in [3.8, 4) is 0 Å². The van der Waals surface area contributed by atoms with Gasteiger partial charge in [-0.25, -0.2) is 0 Å². The maximum Gasteiger partial charge on any atom is 0.164 e. The zero-order valence-electron chi connectivity index (χ0n) is 8.77. The second kappa shape index (κ2) is 3.35. The Kier molecular flexibility index (Phi) is 2.31. The summed E-state index contributed by atoms with van der Waals surface area (Å²) in [7, 11) is 1.88. The molecular weight excluding hydrogens is 178 g/mol. The number of aliphatic hydroxyl groups is 1. The van der Waals surface area contributed by atoms with Gasteiger partial charge in [-0.05, 0) is 25.2 Å². The monoisotopic (exact) mass is 195 g/mol. The third kappa shape index (κ3) is 1.43. The molecule has 1 aliphatic carbocycles. The van der Waals surface area contributed by atoms with Gasteiger partial charge in [-0.2, -0.15) is 0 Å². The van der Waals surface area contributed by atoms with Gasteiger partial charge in [-0.3, -0.25) is 0 Å². The predicted molar refractivity (Wildman–Crippen MR) is 52.5 cm³/mol. The first-order valence-electron chi connectivity index (χ1n) is 5.22. The molecule has 1 heterocycles. The van der Waals surface area contributed by atoms with E-state index < -0.39 is 5.60 Å². The predicted octanol–water partition coefficient (Wildman–Crippen LogP) is 1.21. The van der Waals surface area contributed by atoms with E-state index in [1.165, 1.54) is 0 Å². The van der Waals surface area contributed by atoms with E-state index in [2.05, 4.69) is 17.1 Å². The number of aromatic nitrogens is 3. The lowest BCUT2D eigenvalue weighted by molar-refractivity contribution is 0.0275. The van der Waals surface area contributed by atoms with Gasteiger partial charge in [0, 0.05) is 7.05 Å². The minimum Gasteiger partial charge on any atom is -0.382 e. The fourth-order valence-corrected chi connectivity index (χ4v) is 2.38. The molecule has 78 valence electrons. The van der Waals surface area contributed by atoms with E-state index in [-0.39, 0.29) is 0 Å². The molecular formula is C10H17N3O. The lowest BCUT2D eigenvalue weighted by Crippen LogP contribution is -2.26. The van der Waals surface area contributed by atoms with Crippen LogP contribution >= 0.6 is 0 Å². The van der Waals surface area contributed by atoms with Crippen LogP contribution in [0.4, 0.5) is 0 Å². The Balaban J connectivity index is 2.22. The second-order valence-corrected chi connectivity index (χ2v) is 4.31. The molecule has 2 atom stereocenters. The van der Waals surface area contributed by atoms with Crippen LogP contribution in [0.1, 0.15) is 38.4 Å². The standard InChI is InChI=1S/C10H17N3O/c1-3-8-4-5-10(14,6-8)9-12-11-7-13(9)2/h7-8,14H,3-6H2,1-2H3. The van der Waals surface area contributed by atoms with E-state index in [0.717, 1.165) is 25.7 Å². The van der Waals surface area contributed by atoms with Crippen molar-refractivity contribution in [1.29, 1.82) is 0 Å². The van der Waals surface area contributed by atoms with Crippen molar-refractivity contribution in [3.63, 3.8) is 0 Å². The van der Waals surface area contributed by atoms with Gasteiger partial charge >= 0.3 is 0 Å². The summed E-state index contributed by atoms with van der Waals surface area (Å²) in [6.07, 6.45) is 5.53. The topological polar surface area (TPSA) is 50.9 Å². The molecule has 0 spiro atoms. The van der Waals surface area contributed by atoms with Crippen molar-refractivity contribution >= 4 is 0 Å².